The third kappa shape index (κ3) is 2.98. The van der Waals surface area contributed by atoms with Gasteiger partial charge in [-0.25, -0.2) is 4.39 Å². The number of allylic oxidation sites excluding steroid dienone is 2. The van der Waals surface area contributed by atoms with Crippen LogP contribution in [0.4, 0.5) is 4.39 Å². The molecule has 1 aromatic carbocycles. The lowest BCUT2D eigenvalue weighted by Gasteiger charge is -2.30. The average molecular weight is 264 g/mol. The maximum Gasteiger partial charge on any atom is 0.170 e. The summed E-state index contributed by atoms with van der Waals surface area (Å²) in [7, 11) is 1.43. The highest BCUT2D eigenvalue weighted by molar-refractivity contribution is 5.33. The first-order valence-electron chi connectivity index (χ1n) is 6.70. The van der Waals surface area contributed by atoms with Crippen LogP contribution >= 0.6 is 0 Å². The Morgan fingerprint density at radius 1 is 1.42 bits per heavy atom. The van der Waals surface area contributed by atoms with Crippen LogP contribution in [0, 0.1) is 17.7 Å². The van der Waals surface area contributed by atoms with E-state index in [9.17, 15) is 9.50 Å². The lowest BCUT2D eigenvalue weighted by molar-refractivity contribution is 0.0893. The van der Waals surface area contributed by atoms with Crippen LogP contribution < -0.4 is 4.74 Å². The zero-order chi connectivity index (χ0) is 14.0. The van der Waals surface area contributed by atoms with Crippen molar-refractivity contribution in [3.8, 4) is 5.75 Å². The van der Waals surface area contributed by atoms with Gasteiger partial charge in [-0.2, -0.15) is 0 Å². The Labute approximate surface area is 113 Å². The fourth-order valence-corrected chi connectivity index (χ4v) is 3.00. The molecular weight excluding hydrogens is 243 g/mol. The van der Waals surface area contributed by atoms with Gasteiger partial charge in [-0.05, 0) is 37.7 Å². The molecule has 1 aromatic rings. The summed E-state index contributed by atoms with van der Waals surface area (Å²) in [5.41, 5.74) is 1.61. The van der Waals surface area contributed by atoms with Gasteiger partial charge in [0.1, 0.15) is 0 Å². The predicted octanol–water partition coefficient (Wildman–Crippen LogP) is 3.86. The van der Waals surface area contributed by atoms with Crippen LogP contribution in [-0.4, -0.2) is 12.2 Å². The molecule has 3 unspecified atom stereocenters. The van der Waals surface area contributed by atoms with Gasteiger partial charge in [0.2, 0.25) is 0 Å². The number of benzene rings is 1. The molecule has 0 saturated heterocycles. The number of halogens is 1. The molecule has 0 saturated carbocycles. The molecule has 104 valence electrons. The van der Waals surface area contributed by atoms with Gasteiger partial charge in [0.15, 0.2) is 11.6 Å². The van der Waals surface area contributed by atoms with Gasteiger partial charge in [-0.3, -0.25) is 0 Å². The summed E-state index contributed by atoms with van der Waals surface area (Å²) in [6, 6.07) is 4.93. The van der Waals surface area contributed by atoms with Crippen LogP contribution in [0.5, 0.6) is 5.75 Å². The van der Waals surface area contributed by atoms with Gasteiger partial charge in [0.25, 0.3) is 0 Å². The van der Waals surface area contributed by atoms with Crippen molar-refractivity contribution < 1.29 is 14.2 Å². The molecule has 0 heterocycles. The maximum absolute atomic E-state index is 14.2. The van der Waals surface area contributed by atoms with E-state index in [4.69, 9.17) is 4.74 Å². The Kier molecular flexibility index (Phi) is 4.25. The Morgan fingerprint density at radius 3 is 2.79 bits per heavy atom. The number of hydrogen-bond donors (Lipinski definition) is 1. The van der Waals surface area contributed by atoms with Crippen molar-refractivity contribution in [2.24, 2.45) is 11.8 Å². The van der Waals surface area contributed by atoms with Crippen molar-refractivity contribution in [1.29, 1.82) is 0 Å². The molecule has 0 amide bonds. The fraction of sp³-hybridized carbons (Fsp3) is 0.500. The molecule has 2 nitrogen and oxygen atoms in total. The quantitative estimate of drug-likeness (QED) is 0.840. The first kappa shape index (κ1) is 14.1. The molecular formula is C16H21FO2. The summed E-state index contributed by atoms with van der Waals surface area (Å²) in [4.78, 5) is 0. The van der Waals surface area contributed by atoms with Crippen LogP contribution in [0.25, 0.3) is 0 Å². The summed E-state index contributed by atoms with van der Waals surface area (Å²) < 4.78 is 19.1. The topological polar surface area (TPSA) is 29.5 Å². The van der Waals surface area contributed by atoms with Gasteiger partial charge in [-0.1, -0.05) is 30.7 Å². The van der Waals surface area contributed by atoms with Gasteiger partial charge >= 0.3 is 0 Å². The number of aliphatic hydroxyl groups is 1. The van der Waals surface area contributed by atoms with Crippen molar-refractivity contribution >= 4 is 0 Å². The minimum atomic E-state index is -0.777. The van der Waals surface area contributed by atoms with E-state index in [-0.39, 0.29) is 11.7 Å². The highest BCUT2D eigenvalue weighted by Crippen LogP contribution is 2.38. The Hall–Kier alpha value is -1.35. The summed E-state index contributed by atoms with van der Waals surface area (Å²) >= 11 is 0. The molecule has 0 spiro atoms. The Morgan fingerprint density at radius 2 is 2.16 bits per heavy atom. The van der Waals surface area contributed by atoms with Crippen molar-refractivity contribution in [1.82, 2.24) is 0 Å². The second-order valence-electron chi connectivity index (χ2n) is 5.50. The lowest BCUT2D eigenvalue weighted by atomic mass is 9.79. The summed E-state index contributed by atoms with van der Waals surface area (Å²) in [6.07, 6.45) is 3.16. The zero-order valence-corrected chi connectivity index (χ0v) is 11.7. The van der Waals surface area contributed by atoms with Crippen LogP contribution in [0.1, 0.15) is 38.4 Å². The molecule has 1 aliphatic rings. The van der Waals surface area contributed by atoms with E-state index in [1.165, 1.54) is 12.7 Å². The number of rotatable bonds is 3. The summed E-state index contributed by atoms with van der Waals surface area (Å²) in [6.45, 7) is 4.20. The lowest BCUT2D eigenvalue weighted by Crippen LogP contribution is -2.20. The largest absolute Gasteiger partial charge is 0.494 e. The normalized spacial score (nSPS) is 24.8. The van der Waals surface area contributed by atoms with Crippen LogP contribution in [-0.2, 0) is 0 Å². The first-order valence-corrected chi connectivity index (χ1v) is 6.70. The fourth-order valence-electron chi connectivity index (χ4n) is 3.00. The standard InChI is InChI=1S/C16H21FO2/c1-10-7-11(2)9-12(8-10)16(18)13-5-4-6-14(19-3)15(13)17/h4-7,10,12,16,18H,8-9H2,1-3H3. The number of methoxy groups -OCH3 is 1. The van der Waals surface area contributed by atoms with E-state index in [0.29, 0.717) is 11.5 Å². The van der Waals surface area contributed by atoms with Gasteiger partial charge in [-0.15, -0.1) is 0 Å². The van der Waals surface area contributed by atoms with E-state index in [2.05, 4.69) is 19.9 Å². The average Bonchev–Trinajstić information content (AvgIpc) is 2.37. The van der Waals surface area contributed by atoms with E-state index in [1.54, 1.807) is 18.2 Å². The Balaban J connectivity index is 2.25. The molecule has 3 heteroatoms. The molecule has 3 atom stereocenters. The van der Waals surface area contributed by atoms with E-state index in [1.807, 2.05) is 0 Å². The summed E-state index contributed by atoms with van der Waals surface area (Å²) in [5.74, 6) is 0.244. The number of aliphatic hydroxyl groups excluding tert-OH is 1. The van der Waals surface area contributed by atoms with Gasteiger partial charge < -0.3 is 9.84 Å². The molecule has 2 rings (SSSR count). The van der Waals surface area contributed by atoms with Crippen LogP contribution in [0.2, 0.25) is 0 Å². The molecule has 1 aliphatic carbocycles. The van der Waals surface area contributed by atoms with E-state index >= 15 is 0 Å². The second kappa shape index (κ2) is 5.74. The van der Waals surface area contributed by atoms with Crippen LogP contribution in [0.15, 0.2) is 29.8 Å². The molecule has 19 heavy (non-hydrogen) atoms. The Bertz CT molecular complexity index is 482. The van der Waals surface area contributed by atoms with Gasteiger partial charge in [0, 0.05) is 5.56 Å². The monoisotopic (exact) mass is 264 g/mol. The van der Waals surface area contributed by atoms with Crippen molar-refractivity contribution in [2.45, 2.75) is 32.8 Å². The van der Waals surface area contributed by atoms with Crippen molar-refractivity contribution in [2.75, 3.05) is 7.11 Å². The molecule has 1 N–H and O–H groups in total. The van der Waals surface area contributed by atoms with Gasteiger partial charge in [0.05, 0.1) is 13.2 Å². The smallest absolute Gasteiger partial charge is 0.170 e. The SMILES string of the molecule is COc1cccc(C(O)C2CC(C)=CC(C)C2)c1F. The van der Waals surface area contributed by atoms with E-state index < -0.39 is 11.9 Å². The van der Waals surface area contributed by atoms with E-state index in [0.717, 1.165) is 12.8 Å². The minimum Gasteiger partial charge on any atom is -0.494 e. The molecule has 0 bridgehead atoms. The number of ether oxygens (including phenoxy) is 1. The molecule has 0 aromatic heterocycles. The maximum atomic E-state index is 14.2. The minimum absolute atomic E-state index is 0.0709. The third-order valence-corrected chi connectivity index (χ3v) is 3.81. The molecule has 0 aliphatic heterocycles. The van der Waals surface area contributed by atoms with Crippen molar-refractivity contribution in [3.63, 3.8) is 0 Å². The zero-order valence-electron chi connectivity index (χ0n) is 11.7. The highest BCUT2D eigenvalue weighted by Gasteiger charge is 2.28. The molecule has 0 radical (unpaired) electrons. The number of hydrogen-bond acceptors (Lipinski definition) is 2. The van der Waals surface area contributed by atoms with Crippen molar-refractivity contribution in [3.05, 3.63) is 41.2 Å². The summed E-state index contributed by atoms with van der Waals surface area (Å²) in [5, 5.41) is 10.5. The second-order valence-corrected chi connectivity index (χ2v) is 5.50. The third-order valence-electron chi connectivity index (χ3n) is 3.81. The molecule has 0 fully saturated rings. The highest BCUT2D eigenvalue weighted by atomic mass is 19.1. The predicted molar refractivity (Wildman–Crippen MR) is 73.6 cm³/mol. The van der Waals surface area contributed by atoms with Crippen LogP contribution in [0.3, 0.4) is 0 Å². The first-order chi connectivity index (χ1) is 9.02.